The minimum Gasteiger partial charge on any atom is -0.460 e. The van der Waals surface area contributed by atoms with Crippen LogP contribution in [0.15, 0.2) is 42.5 Å². The zero-order chi connectivity index (χ0) is 23.7. The molecule has 0 aliphatic heterocycles. The molecular formula is C26H28O6. The fourth-order valence-corrected chi connectivity index (χ4v) is 4.68. The third-order valence-electron chi connectivity index (χ3n) is 6.11. The highest BCUT2D eigenvalue weighted by Gasteiger charge is 2.46. The molecule has 0 aromatic heterocycles. The number of carbonyl (C=O) groups excluding carboxylic acids is 4. The van der Waals surface area contributed by atoms with E-state index in [1.807, 2.05) is 18.2 Å². The van der Waals surface area contributed by atoms with Gasteiger partial charge < -0.3 is 9.47 Å². The Balaban J connectivity index is 1.97. The molecule has 2 aromatic rings. The third-order valence-corrected chi connectivity index (χ3v) is 6.11. The fourth-order valence-electron chi connectivity index (χ4n) is 4.68. The molecule has 0 spiro atoms. The molecule has 6 heteroatoms. The lowest BCUT2D eigenvalue weighted by molar-refractivity contribution is -0.138. The maximum Gasteiger partial charge on any atom is 0.379 e. The molecule has 0 fully saturated rings. The summed E-state index contributed by atoms with van der Waals surface area (Å²) in [5, 5.41) is 0. The van der Waals surface area contributed by atoms with Crippen LogP contribution in [0.25, 0.3) is 0 Å². The number of rotatable bonds is 7. The van der Waals surface area contributed by atoms with E-state index in [0.717, 1.165) is 23.1 Å². The minimum absolute atomic E-state index is 0.146. The number of Topliss-reactive ketones (excluding diaryl/α,β-unsaturated/α-hetero) is 2. The smallest absolute Gasteiger partial charge is 0.379 e. The molecule has 0 radical (unpaired) electrons. The van der Waals surface area contributed by atoms with Crippen molar-refractivity contribution in [2.24, 2.45) is 0 Å². The lowest BCUT2D eigenvalue weighted by Gasteiger charge is -2.28. The van der Waals surface area contributed by atoms with Crippen molar-refractivity contribution in [1.82, 2.24) is 0 Å². The molecule has 1 unspecified atom stereocenters. The number of esters is 2. The molecule has 0 bridgehead atoms. The zero-order valence-corrected chi connectivity index (χ0v) is 19.1. The predicted molar refractivity (Wildman–Crippen MR) is 119 cm³/mol. The van der Waals surface area contributed by atoms with E-state index in [1.165, 1.54) is 0 Å². The molecule has 6 nitrogen and oxygen atoms in total. The van der Waals surface area contributed by atoms with Gasteiger partial charge in [-0.15, -0.1) is 0 Å². The molecule has 0 saturated carbocycles. The van der Waals surface area contributed by atoms with Crippen molar-refractivity contribution in [3.63, 3.8) is 0 Å². The summed E-state index contributed by atoms with van der Waals surface area (Å²) in [6.45, 7) is 9.94. The maximum atomic E-state index is 12.4. The lowest BCUT2D eigenvalue weighted by atomic mass is 9.75. The Bertz CT molecular complexity index is 1080. The first-order valence-corrected chi connectivity index (χ1v) is 10.7. The Morgan fingerprint density at radius 2 is 1.25 bits per heavy atom. The first kappa shape index (κ1) is 23.4. The van der Waals surface area contributed by atoms with Crippen molar-refractivity contribution >= 4 is 23.5 Å². The van der Waals surface area contributed by atoms with Crippen molar-refractivity contribution in [3.05, 3.63) is 70.3 Å². The van der Waals surface area contributed by atoms with E-state index in [1.54, 1.807) is 38.1 Å². The van der Waals surface area contributed by atoms with Crippen LogP contribution in [0.2, 0.25) is 0 Å². The molecule has 0 N–H and O–H groups in total. The quantitative estimate of drug-likeness (QED) is 0.368. The van der Waals surface area contributed by atoms with Crippen molar-refractivity contribution in [2.75, 3.05) is 13.2 Å². The van der Waals surface area contributed by atoms with Crippen LogP contribution in [0.3, 0.4) is 0 Å². The first-order valence-electron chi connectivity index (χ1n) is 10.7. The standard InChI is InChI=1S/C26H28O6/c1-6-31-23(29)21(27)16-8-11-18(12-9-16)26(5)15-25(3,4)20-14-17(10-13-19(20)26)22(28)24(30)32-7-2/h8-14H,6-7,15H2,1-5H3. The Kier molecular flexibility index (Phi) is 6.35. The van der Waals surface area contributed by atoms with Crippen molar-refractivity contribution in [3.8, 4) is 0 Å². The summed E-state index contributed by atoms with van der Waals surface area (Å²) in [6, 6.07) is 12.3. The molecular weight excluding hydrogens is 408 g/mol. The average molecular weight is 437 g/mol. The average Bonchev–Trinajstić information content (AvgIpc) is 2.98. The number of hydrogen-bond acceptors (Lipinski definition) is 6. The van der Waals surface area contributed by atoms with Gasteiger partial charge in [0.2, 0.25) is 0 Å². The SMILES string of the molecule is CCOC(=O)C(=O)c1ccc(C2(C)CC(C)(C)c3cc(C(=O)C(=O)OCC)ccc32)cc1. The van der Waals surface area contributed by atoms with Crippen LogP contribution < -0.4 is 0 Å². The number of benzene rings is 2. The maximum absolute atomic E-state index is 12.4. The number of carbonyl (C=O) groups is 4. The van der Waals surface area contributed by atoms with Gasteiger partial charge in [0.1, 0.15) is 0 Å². The molecule has 2 aromatic carbocycles. The summed E-state index contributed by atoms with van der Waals surface area (Å²) in [4.78, 5) is 48.3. The normalized spacial score (nSPS) is 18.5. The van der Waals surface area contributed by atoms with E-state index in [2.05, 4.69) is 20.8 Å². The number of ether oxygens (including phenoxy) is 2. The van der Waals surface area contributed by atoms with E-state index >= 15 is 0 Å². The van der Waals surface area contributed by atoms with Gasteiger partial charge in [0.05, 0.1) is 13.2 Å². The number of ketones is 2. The van der Waals surface area contributed by atoms with Crippen LogP contribution in [0.4, 0.5) is 0 Å². The van der Waals surface area contributed by atoms with Crippen LogP contribution in [0.1, 0.15) is 78.4 Å². The number of hydrogen-bond donors (Lipinski definition) is 0. The van der Waals surface area contributed by atoms with Gasteiger partial charge in [-0.1, -0.05) is 57.2 Å². The second kappa shape index (κ2) is 8.69. The minimum atomic E-state index is -0.863. The van der Waals surface area contributed by atoms with Gasteiger partial charge in [-0.05, 0) is 48.4 Å². The van der Waals surface area contributed by atoms with E-state index in [4.69, 9.17) is 9.47 Å². The van der Waals surface area contributed by atoms with Crippen LogP contribution in [-0.4, -0.2) is 36.7 Å². The van der Waals surface area contributed by atoms with E-state index < -0.39 is 23.5 Å². The molecule has 0 saturated heterocycles. The molecule has 1 atom stereocenters. The van der Waals surface area contributed by atoms with Crippen molar-refractivity contribution in [1.29, 1.82) is 0 Å². The highest BCUT2D eigenvalue weighted by Crippen LogP contribution is 2.52. The van der Waals surface area contributed by atoms with E-state index in [-0.39, 0.29) is 29.6 Å². The topological polar surface area (TPSA) is 86.7 Å². The number of fused-ring (bicyclic) bond motifs is 1. The Labute approximate surface area is 187 Å². The molecule has 168 valence electrons. The van der Waals surface area contributed by atoms with Crippen LogP contribution in [0.5, 0.6) is 0 Å². The van der Waals surface area contributed by atoms with Crippen molar-refractivity contribution in [2.45, 2.75) is 51.9 Å². The Morgan fingerprint density at radius 3 is 1.78 bits per heavy atom. The highest BCUT2D eigenvalue weighted by molar-refractivity contribution is 6.41. The summed E-state index contributed by atoms with van der Waals surface area (Å²) in [5.41, 5.74) is 3.05. The second-order valence-corrected chi connectivity index (χ2v) is 8.83. The van der Waals surface area contributed by atoms with Gasteiger partial charge >= 0.3 is 11.9 Å². The van der Waals surface area contributed by atoms with E-state index in [0.29, 0.717) is 5.56 Å². The zero-order valence-electron chi connectivity index (χ0n) is 19.1. The summed E-state index contributed by atoms with van der Waals surface area (Å²) in [6.07, 6.45) is 0.775. The second-order valence-electron chi connectivity index (χ2n) is 8.83. The van der Waals surface area contributed by atoms with Crippen LogP contribution in [-0.2, 0) is 29.9 Å². The third kappa shape index (κ3) is 4.09. The van der Waals surface area contributed by atoms with Crippen LogP contribution in [0, 0.1) is 0 Å². The van der Waals surface area contributed by atoms with Gasteiger partial charge in [0.25, 0.3) is 11.6 Å². The van der Waals surface area contributed by atoms with Gasteiger partial charge in [-0.2, -0.15) is 0 Å². The predicted octanol–water partition coefficient (Wildman–Crippen LogP) is 4.17. The van der Waals surface area contributed by atoms with Gasteiger partial charge in [-0.3, -0.25) is 9.59 Å². The molecule has 32 heavy (non-hydrogen) atoms. The van der Waals surface area contributed by atoms with E-state index in [9.17, 15) is 19.2 Å². The van der Waals surface area contributed by atoms with Crippen molar-refractivity contribution < 1.29 is 28.7 Å². The summed E-state index contributed by atoms with van der Waals surface area (Å²) in [7, 11) is 0. The van der Waals surface area contributed by atoms with Crippen LogP contribution >= 0.6 is 0 Å². The highest BCUT2D eigenvalue weighted by atomic mass is 16.5. The molecule has 3 rings (SSSR count). The molecule has 1 aliphatic rings. The monoisotopic (exact) mass is 436 g/mol. The largest absolute Gasteiger partial charge is 0.460 e. The van der Waals surface area contributed by atoms with Gasteiger partial charge in [-0.25, -0.2) is 9.59 Å². The molecule has 0 heterocycles. The molecule has 1 aliphatic carbocycles. The lowest BCUT2D eigenvalue weighted by Crippen LogP contribution is -2.24. The summed E-state index contributed by atoms with van der Waals surface area (Å²) >= 11 is 0. The Hall–Kier alpha value is -3.28. The first-order chi connectivity index (χ1) is 15.0. The van der Waals surface area contributed by atoms with Gasteiger partial charge in [0, 0.05) is 16.5 Å². The summed E-state index contributed by atoms with van der Waals surface area (Å²) < 4.78 is 9.65. The molecule has 0 amide bonds. The summed E-state index contributed by atoms with van der Waals surface area (Å²) in [5.74, 6) is -3.04. The fraction of sp³-hybridized carbons (Fsp3) is 0.385. The Morgan fingerprint density at radius 1 is 0.750 bits per heavy atom. The van der Waals surface area contributed by atoms with Gasteiger partial charge in [0.15, 0.2) is 0 Å².